The van der Waals surface area contributed by atoms with Crippen molar-refractivity contribution in [2.24, 2.45) is 0 Å². The lowest BCUT2D eigenvalue weighted by atomic mass is 10.1. The summed E-state index contributed by atoms with van der Waals surface area (Å²) < 4.78 is 2.02. The van der Waals surface area contributed by atoms with E-state index in [0.717, 1.165) is 42.0 Å². The highest BCUT2D eigenvalue weighted by Gasteiger charge is 2.19. The number of likely N-dealkylation sites (N-methyl/N-ethyl adjacent to an activating group) is 1. The fourth-order valence-corrected chi connectivity index (χ4v) is 3.88. The Bertz CT molecular complexity index is 1130. The summed E-state index contributed by atoms with van der Waals surface area (Å²) in [5, 5.41) is 18.9. The number of hydrogen-bond donors (Lipinski definition) is 2. The molecule has 1 aliphatic heterocycles. The lowest BCUT2D eigenvalue weighted by molar-refractivity contribution is 0.0958. The van der Waals surface area contributed by atoms with Crippen molar-refractivity contribution in [3.63, 3.8) is 0 Å². The van der Waals surface area contributed by atoms with E-state index < -0.39 is 0 Å². The number of amides is 1. The number of piperidine rings is 1. The van der Waals surface area contributed by atoms with Crippen LogP contribution in [0.15, 0.2) is 42.9 Å². The van der Waals surface area contributed by atoms with Gasteiger partial charge in [0.05, 0.1) is 29.7 Å². The van der Waals surface area contributed by atoms with Crippen LogP contribution in [0.3, 0.4) is 0 Å². The first kappa shape index (κ1) is 21.5. The number of likely N-dealkylation sites (tertiary alicyclic amines) is 1. The van der Waals surface area contributed by atoms with E-state index in [4.69, 9.17) is 5.26 Å². The minimum Gasteiger partial charge on any atom is -0.339 e. The summed E-state index contributed by atoms with van der Waals surface area (Å²) in [4.78, 5) is 23.4. The molecule has 1 saturated heterocycles. The van der Waals surface area contributed by atoms with E-state index in [2.05, 4.69) is 37.6 Å². The number of rotatable bonds is 6. The predicted molar refractivity (Wildman–Crippen MR) is 121 cm³/mol. The highest BCUT2D eigenvalue weighted by atomic mass is 16.1. The van der Waals surface area contributed by atoms with Gasteiger partial charge >= 0.3 is 0 Å². The van der Waals surface area contributed by atoms with Crippen molar-refractivity contribution in [1.82, 2.24) is 30.0 Å². The van der Waals surface area contributed by atoms with Crippen molar-refractivity contribution >= 4 is 17.5 Å². The van der Waals surface area contributed by atoms with Gasteiger partial charge in [0.15, 0.2) is 0 Å². The second-order valence-electron chi connectivity index (χ2n) is 8.04. The molecule has 9 nitrogen and oxygen atoms in total. The molecule has 2 N–H and O–H groups in total. The molecule has 2 aromatic heterocycles. The lowest BCUT2D eigenvalue weighted by Gasteiger charge is -2.29. The summed E-state index contributed by atoms with van der Waals surface area (Å²) in [5.41, 5.74) is 3.93. The molecule has 0 aliphatic carbocycles. The highest BCUT2D eigenvalue weighted by Crippen LogP contribution is 2.25. The number of aromatic nitrogens is 4. The Kier molecular flexibility index (Phi) is 6.42. The number of benzene rings is 1. The molecule has 0 bridgehead atoms. The number of nitrogens with zero attached hydrogens (tertiary/aromatic N) is 6. The van der Waals surface area contributed by atoms with Gasteiger partial charge in [-0.15, -0.1) is 0 Å². The van der Waals surface area contributed by atoms with E-state index >= 15 is 0 Å². The molecule has 1 aromatic carbocycles. The van der Waals surface area contributed by atoms with Crippen molar-refractivity contribution < 1.29 is 4.79 Å². The Balaban J connectivity index is 1.49. The SMILES string of the molecule is Cc1cnc(Nc2cnn(C3CCCN(C)C3)c2)nc1-c1ccc(C(=O)NCC#N)cc1. The summed E-state index contributed by atoms with van der Waals surface area (Å²) in [6.07, 6.45) is 7.88. The molecule has 0 spiro atoms. The van der Waals surface area contributed by atoms with E-state index in [1.165, 1.54) is 6.42 Å². The first-order valence-corrected chi connectivity index (χ1v) is 10.6. The van der Waals surface area contributed by atoms with Crippen molar-refractivity contribution in [3.8, 4) is 17.3 Å². The van der Waals surface area contributed by atoms with E-state index in [0.29, 0.717) is 17.6 Å². The van der Waals surface area contributed by atoms with Crippen LogP contribution >= 0.6 is 0 Å². The summed E-state index contributed by atoms with van der Waals surface area (Å²) in [5.74, 6) is 0.211. The largest absolute Gasteiger partial charge is 0.339 e. The van der Waals surface area contributed by atoms with E-state index in [9.17, 15) is 4.79 Å². The van der Waals surface area contributed by atoms with Gasteiger partial charge in [0, 0.05) is 30.1 Å². The average molecular weight is 431 g/mol. The van der Waals surface area contributed by atoms with Crippen molar-refractivity contribution in [2.45, 2.75) is 25.8 Å². The van der Waals surface area contributed by atoms with Gasteiger partial charge in [0.2, 0.25) is 5.95 Å². The number of aryl methyl sites for hydroxylation is 1. The first-order valence-electron chi connectivity index (χ1n) is 10.6. The number of carbonyl (C=O) groups excluding carboxylic acids is 1. The maximum atomic E-state index is 12.0. The molecule has 0 radical (unpaired) electrons. The lowest BCUT2D eigenvalue weighted by Crippen LogP contribution is -2.33. The molecule has 0 saturated carbocycles. The van der Waals surface area contributed by atoms with Crippen LogP contribution in [0.5, 0.6) is 0 Å². The fraction of sp³-hybridized carbons (Fsp3) is 0.348. The smallest absolute Gasteiger partial charge is 0.252 e. The van der Waals surface area contributed by atoms with Gasteiger partial charge in [0.1, 0.15) is 6.54 Å². The number of anilines is 2. The van der Waals surface area contributed by atoms with E-state index in [1.807, 2.05) is 36.0 Å². The van der Waals surface area contributed by atoms with Crippen LogP contribution < -0.4 is 10.6 Å². The third-order valence-electron chi connectivity index (χ3n) is 5.55. The molecular weight excluding hydrogens is 404 g/mol. The predicted octanol–water partition coefficient (Wildman–Crippen LogP) is 2.91. The third kappa shape index (κ3) is 4.92. The van der Waals surface area contributed by atoms with Crippen LogP contribution in [0.4, 0.5) is 11.6 Å². The Morgan fingerprint density at radius 3 is 2.84 bits per heavy atom. The van der Waals surface area contributed by atoms with Gasteiger partial charge in [-0.1, -0.05) is 12.1 Å². The summed E-state index contributed by atoms with van der Waals surface area (Å²) >= 11 is 0. The van der Waals surface area contributed by atoms with Crippen molar-refractivity contribution in [2.75, 3.05) is 32.0 Å². The zero-order valence-electron chi connectivity index (χ0n) is 18.2. The van der Waals surface area contributed by atoms with Crippen molar-refractivity contribution in [3.05, 3.63) is 54.0 Å². The van der Waals surface area contributed by atoms with Crippen LogP contribution in [0, 0.1) is 18.3 Å². The minimum absolute atomic E-state index is 0.0192. The van der Waals surface area contributed by atoms with Crippen LogP contribution in [0.1, 0.15) is 34.8 Å². The summed E-state index contributed by atoms with van der Waals surface area (Å²) in [6.45, 7) is 4.06. The third-order valence-corrected chi connectivity index (χ3v) is 5.55. The van der Waals surface area contributed by atoms with Crippen molar-refractivity contribution in [1.29, 1.82) is 5.26 Å². The second kappa shape index (κ2) is 9.58. The fourth-order valence-electron chi connectivity index (χ4n) is 3.88. The minimum atomic E-state index is -0.277. The number of carbonyl (C=O) groups is 1. The molecule has 3 heterocycles. The molecule has 32 heavy (non-hydrogen) atoms. The molecular formula is C23H26N8O. The van der Waals surface area contributed by atoms with E-state index in [-0.39, 0.29) is 12.5 Å². The van der Waals surface area contributed by atoms with Crippen LogP contribution in [0.25, 0.3) is 11.3 Å². The number of nitrogens with one attached hydrogen (secondary N) is 2. The maximum absolute atomic E-state index is 12.0. The van der Waals surface area contributed by atoms with Gasteiger partial charge in [-0.2, -0.15) is 10.4 Å². The molecule has 1 fully saturated rings. The summed E-state index contributed by atoms with van der Waals surface area (Å²) in [7, 11) is 2.14. The molecule has 1 aliphatic rings. The maximum Gasteiger partial charge on any atom is 0.252 e. The average Bonchev–Trinajstić information content (AvgIpc) is 3.27. The Morgan fingerprint density at radius 1 is 1.28 bits per heavy atom. The first-order chi connectivity index (χ1) is 15.5. The van der Waals surface area contributed by atoms with E-state index in [1.54, 1.807) is 24.5 Å². The standard InChI is InChI=1S/C23H26N8O/c1-16-12-26-23(28-19-13-27-31(14-19)20-4-3-11-30(2)15-20)29-21(16)17-5-7-18(8-6-17)22(32)25-10-9-24/h5-8,12-14,20H,3-4,10-11,15H2,1-2H3,(H,25,32)(H,26,28,29). The molecule has 9 heteroatoms. The van der Waals surface area contributed by atoms with Crippen LogP contribution in [-0.2, 0) is 0 Å². The van der Waals surface area contributed by atoms with Gasteiger partial charge in [-0.25, -0.2) is 9.97 Å². The Labute approximate surface area is 187 Å². The Hall–Kier alpha value is -3.77. The number of nitriles is 1. The quantitative estimate of drug-likeness (QED) is 0.578. The van der Waals surface area contributed by atoms with Crippen LogP contribution in [-0.4, -0.2) is 57.2 Å². The second-order valence-corrected chi connectivity index (χ2v) is 8.04. The normalized spacial score (nSPS) is 16.3. The summed E-state index contributed by atoms with van der Waals surface area (Å²) in [6, 6.07) is 9.41. The zero-order chi connectivity index (χ0) is 22.5. The monoisotopic (exact) mass is 430 g/mol. The van der Waals surface area contributed by atoms with Crippen LogP contribution in [0.2, 0.25) is 0 Å². The number of hydrogen-bond acceptors (Lipinski definition) is 7. The van der Waals surface area contributed by atoms with Gasteiger partial charge in [0.25, 0.3) is 5.91 Å². The molecule has 1 unspecified atom stereocenters. The van der Waals surface area contributed by atoms with Gasteiger partial charge in [-0.3, -0.25) is 9.48 Å². The molecule has 4 rings (SSSR count). The Morgan fingerprint density at radius 2 is 2.09 bits per heavy atom. The molecule has 1 amide bonds. The van der Waals surface area contributed by atoms with Gasteiger partial charge in [-0.05, 0) is 51.1 Å². The zero-order valence-corrected chi connectivity index (χ0v) is 18.2. The molecule has 164 valence electrons. The molecule has 3 aromatic rings. The topological polar surface area (TPSA) is 112 Å². The highest BCUT2D eigenvalue weighted by molar-refractivity contribution is 5.94. The van der Waals surface area contributed by atoms with Gasteiger partial charge < -0.3 is 15.5 Å². The molecule has 1 atom stereocenters.